The van der Waals surface area contributed by atoms with Gasteiger partial charge < -0.3 is 5.32 Å². The smallest absolute Gasteiger partial charge is 0.270 e. The van der Waals surface area contributed by atoms with Crippen molar-refractivity contribution in [2.45, 2.75) is 17.3 Å². The minimum Gasteiger partial charge on any atom is -0.325 e. The van der Waals surface area contributed by atoms with Crippen LogP contribution in [0.25, 0.3) is 0 Å². The van der Waals surface area contributed by atoms with Crippen molar-refractivity contribution in [2.24, 2.45) is 0 Å². The van der Waals surface area contributed by atoms with Crippen molar-refractivity contribution in [3.63, 3.8) is 0 Å². The van der Waals surface area contributed by atoms with Gasteiger partial charge in [-0.2, -0.15) is 5.10 Å². The average molecular weight is 294 g/mol. The Balaban J connectivity index is 1.98. The number of nitrogens with zero attached hydrogens (tertiary/aromatic N) is 2. The molecule has 1 atom stereocenters. The molecule has 1 aromatic heterocycles. The third-order valence-electron chi connectivity index (χ3n) is 2.32. The van der Waals surface area contributed by atoms with Gasteiger partial charge >= 0.3 is 0 Å². The number of rotatable bonds is 4. The van der Waals surface area contributed by atoms with E-state index >= 15 is 0 Å². The molecule has 0 aliphatic carbocycles. The Kier molecular flexibility index (Phi) is 4.46. The van der Waals surface area contributed by atoms with Gasteiger partial charge in [-0.25, -0.2) is 4.39 Å². The molecule has 1 heterocycles. The third-order valence-corrected chi connectivity index (χ3v) is 3.30. The van der Waals surface area contributed by atoms with E-state index in [0.29, 0.717) is 5.69 Å². The molecule has 0 unspecified atom stereocenters. The Bertz CT molecular complexity index is 659. The Hall–Kier alpha value is -2.22. The molecule has 20 heavy (non-hydrogen) atoms. The Morgan fingerprint density at radius 1 is 1.40 bits per heavy atom. The molecule has 0 aliphatic heterocycles. The summed E-state index contributed by atoms with van der Waals surface area (Å²) in [5, 5.41) is 9.62. The molecule has 0 saturated heterocycles. The van der Waals surface area contributed by atoms with Crippen molar-refractivity contribution in [3.8, 4) is 0 Å². The minimum absolute atomic E-state index is 0.263. The molecule has 0 aliphatic rings. The zero-order chi connectivity index (χ0) is 14.5. The normalized spacial score (nSPS) is 11.9. The maximum absolute atomic E-state index is 12.7. The molecule has 0 bridgehead atoms. The number of hydrogen-bond donors (Lipinski definition) is 2. The van der Waals surface area contributed by atoms with Crippen LogP contribution < -0.4 is 10.9 Å². The fraction of sp³-hybridized carbons (Fsp3) is 0.167. The summed E-state index contributed by atoms with van der Waals surface area (Å²) in [6, 6.07) is 5.45. The number of hydrogen-bond acceptors (Lipinski definition) is 5. The van der Waals surface area contributed by atoms with E-state index < -0.39 is 5.25 Å². The summed E-state index contributed by atoms with van der Waals surface area (Å²) in [6.45, 7) is 1.66. The van der Waals surface area contributed by atoms with Gasteiger partial charge in [0.2, 0.25) is 5.91 Å². The highest BCUT2D eigenvalue weighted by molar-refractivity contribution is 8.00. The van der Waals surface area contributed by atoms with Gasteiger partial charge in [-0.3, -0.25) is 14.6 Å². The standard InChI is InChI=1S/C12H11FN4O2S/c1-7(20-12-16-10(18)6-14-17-12)11(19)15-9-4-2-8(13)3-5-9/h2-7H,1H3,(H,15,19)(H,16,17,18)/t7-/m1/s1. The van der Waals surface area contributed by atoms with Gasteiger partial charge in [-0.05, 0) is 31.2 Å². The molecule has 1 amide bonds. The average Bonchev–Trinajstić information content (AvgIpc) is 2.41. The molecular formula is C12H11FN4O2S. The van der Waals surface area contributed by atoms with Crippen LogP contribution in [0, 0.1) is 5.82 Å². The summed E-state index contributed by atoms with van der Waals surface area (Å²) in [7, 11) is 0. The maximum atomic E-state index is 12.7. The highest BCUT2D eigenvalue weighted by Crippen LogP contribution is 2.19. The number of aromatic amines is 1. The molecule has 2 aromatic rings. The van der Waals surface area contributed by atoms with Gasteiger partial charge in [0.25, 0.3) is 5.56 Å². The molecule has 0 radical (unpaired) electrons. The second-order valence-electron chi connectivity index (χ2n) is 3.90. The van der Waals surface area contributed by atoms with Gasteiger partial charge in [-0.15, -0.1) is 5.10 Å². The number of aromatic nitrogens is 3. The molecule has 0 saturated carbocycles. The number of carbonyl (C=O) groups is 1. The first-order chi connectivity index (χ1) is 9.54. The predicted octanol–water partition coefficient (Wildman–Crippen LogP) is 1.42. The molecule has 0 spiro atoms. The second kappa shape index (κ2) is 6.29. The Labute approximate surface area is 117 Å². The number of H-pyrrole nitrogens is 1. The van der Waals surface area contributed by atoms with Crippen LogP contribution in [0.5, 0.6) is 0 Å². The van der Waals surface area contributed by atoms with Crippen LogP contribution in [0.1, 0.15) is 6.92 Å². The van der Waals surface area contributed by atoms with Gasteiger partial charge in [-0.1, -0.05) is 11.8 Å². The fourth-order valence-corrected chi connectivity index (χ4v) is 2.10. The largest absolute Gasteiger partial charge is 0.325 e. The van der Waals surface area contributed by atoms with Crippen LogP contribution in [0.2, 0.25) is 0 Å². The van der Waals surface area contributed by atoms with Crippen molar-refractivity contribution < 1.29 is 9.18 Å². The van der Waals surface area contributed by atoms with Crippen LogP contribution in [0.3, 0.4) is 0 Å². The minimum atomic E-state index is -0.493. The summed E-state index contributed by atoms with van der Waals surface area (Å²) < 4.78 is 12.7. The summed E-state index contributed by atoms with van der Waals surface area (Å²) in [6.07, 6.45) is 1.05. The van der Waals surface area contributed by atoms with E-state index in [1.54, 1.807) is 6.92 Å². The molecule has 1 aromatic carbocycles. The van der Waals surface area contributed by atoms with Crippen LogP contribution in [0.15, 0.2) is 40.4 Å². The van der Waals surface area contributed by atoms with E-state index in [4.69, 9.17) is 0 Å². The summed E-state index contributed by atoms with van der Waals surface area (Å²) in [5.74, 6) is -0.657. The number of halogens is 1. The highest BCUT2D eigenvalue weighted by atomic mass is 32.2. The van der Waals surface area contributed by atoms with Gasteiger partial charge in [0, 0.05) is 5.69 Å². The summed E-state index contributed by atoms with van der Waals surface area (Å²) >= 11 is 1.07. The Morgan fingerprint density at radius 3 is 2.75 bits per heavy atom. The lowest BCUT2D eigenvalue weighted by Crippen LogP contribution is -2.23. The van der Waals surface area contributed by atoms with Crippen molar-refractivity contribution in [1.82, 2.24) is 15.2 Å². The van der Waals surface area contributed by atoms with Crippen molar-refractivity contribution in [3.05, 3.63) is 46.6 Å². The molecule has 6 nitrogen and oxygen atoms in total. The molecule has 2 N–H and O–H groups in total. The van der Waals surface area contributed by atoms with E-state index in [1.807, 2.05) is 0 Å². The first-order valence-electron chi connectivity index (χ1n) is 5.69. The number of carbonyl (C=O) groups excluding carboxylic acids is 1. The monoisotopic (exact) mass is 294 g/mol. The molecular weight excluding hydrogens is 283 g/mol. The maximum Gasteiger partial charge on any atom is 0.270 e. The topological polar surface area (TPSA) is 87.7 Å². The van der Waals surface area contributed by atoms with E-state index in [-0.39, 0.29) is 22.4 Å². The lowest BCUT2D eigenvalue weighted by molar-refractivity contribution is -0.115. The van der Waals surface area contributed by atoms with E-state index in [0.717, 1.165) is 18.0 Å². The van der Waals surface area contributed by atoms with Crippen LogP contribution in [0.4, 0.5) is 10.1 Å². The van der Waals surface area contributed by atoms with Crippen LogP contribution in [-0.4, -0.2) is 26.3 Å². The summed E-state index contributed by atoms with van der Waals surface area (Å²) in [4.78, 5) is 25.4. The first-order valence-corrected chi connectivity index (χ1v) is 6.57. The molecule has 8 heteroatoms. The zero-order valence-corrected chi connectivity index (χ0v) is 11.3. The summed E-state index contributed by atoms with van der Waals surface area (Å²) in [5.41, 5.74) is 0.116. The van der Waals surface area contributed by atoms with Crippen molar-refractivity contribution >= 4 is 23.4 Å². The van der Waals surface area contributed by atoms with E-state index in [9.17, 15) is 14.0 Å². The fourth-order valence-electron chi connectivity index (χ4n) is 1.35. The SMILES string of the molecule is C[C@@H](Sc1nncc(=O)[nH]1)C(=O)Nc1ccc(F)cc1. The van der Waals surface area contributed by atoms with E-state index in [1.165, 1.54) is 24.3 Å². The zero-order valence-electron chi connectivity index (χ0n) is 10.5. The third kappa shape index (κ3) is 3.89. The quantitative estimate of drug-likeness (QED) is 0.833. The number of anilines is 1. The van der Waals surface area contributed by atoms with Gasteiger partial charge in [0.05, 0.1) is 5.25 Å². The number of thioether (sulfide) groups is 1. The lowest BCUT2D eigenvalue weighted by Gasteiger charge is -2.10. The number of amides is 1. The molecule has 0 fully saturated rings. The van der Waals surface area contributed by atoms with Crippen molar-refractivity contribution in [1.29, 1.82) is 0 Å². The Morgan fingerprint density at radius 2 is 2.10 bits per heavy atom. The second-order valence-corrected chi connectivity index (χ2v) is 5.22. The highest BCUT2D eigenvalue weighted by Gasteiger charge is 2.16. The van der Waals surface area contributed by atoms with Gasteiger partial charge in [0.1, 0.15) is 12.0 Å². The molecule has 2 rings (SSSR count). The van der Waals surface area contributed by atoms with Crippen molar-refractivity contribution in [2.75, 3.05) is 5.32 Å². The van der Waals surface area contributed by atoms with Crippen LogP contribution in [-0.2, 0) is 4.79 Å². The predicted molar refractivity (Wildman–Crippen MR) is 73.0 cm³/mol. The van der Waals surface area contributed by atoms with Crippen LogP contribution >= 0.6 is 11.8 Å². The van der Waals surface area contributed by atoms with E-state index in [2.05, 4.69) is 20.5 Å². The van der Waals surface area contributed by atoms with Gasteiger partial charge in [0.15, 0.2) is 5.16 Å². The lowest BCUT2D eigenvalue weighted by atomic mass is 10.3. The first kappa shape index (κ1) is 14.2. The number of nitrogens with one attached hydrogen (secondary N) is 2. The molecule has 104 valence electrons. The number of benzene rings is 1.